The van der Waals surface area contributed by atoms with Crippen LogP contribution in [0.1, 0.15) is 18.3 Å². The summed E-state index contributed by atoms with van der Waals surface area (Å²) >= 11 is 0. The Bertz CT molecular complexity index is 1230. The van der Waals surface area contributed by atoms with E-state index in [9.17, 15) is 18.3 Å². The molecule has 11 heteroatoms. The summed E-state index contributed by atoms with van der Waals surface area (Å²) in [4.78, 5) is 14.2. The van der Waals surface area contributed by atoms with Crippen molar-refractivity contribution in [2.75, 3.05) is 13.1 Å². The maximum Gasteiger partial charge on any atom is 0.181 e. The molecule has 4 rings (SSSR count). The van der Waals surface area contributed by atoms with E-state index < -0.39 is 23.3 Å². The van der Waals surface area contributed by atoms with Gasteiger partial charge in [-0.2, -0.15) is 5.10 Å². The molecule has 0 saturated heterocycles. The summed E-state index contributed by atoms with van der Waals surface area (Å²) in [6.07, 6.45) is 2.20. The van der Waals surface area contributed by atoms with Crippen LogP contribution in [0.15, 0.2) is 52.4 Å². The van der Waals surface area contributed by atoms with E-state index in [4.69, 9.17) is 5.73 Å². The number of halogens is 3. The van der Waals surface area contributed by atoms with Crippen molar-refractivity contribution >= 4 is 12.7 Å². The molecule has 3 N–H and O–H groups in total. The Morgan fingerprint density at radius 1 is 1.18 bits per heavy atom. The lowest BCUT2D eigenvalue weighted by molar-refractivity contribution is -0.0500. The van der Waals surface area contributed by atoms with Gasteiger partial charge in [0.15, 0.2) is 5.82 Å². The van der Waals surface area contributed by atoms with Crippen LogP contribution < -0.4 is 5.73 Å². The predicted molar refractivity (Wildman–Crippen MR) is 122 cm³/mol. The van der Waals surface area contributed by atoms with Crippen molar-refractivity contribution in [3.05, 3.63) is 71.3 Å². The summed E-state index contributed by atoms with van der Waals surface area (Å²) < 4.78 is 43.6. The number of nitrogens with zero attached hydrogens (tertiary/aromatic N) is 6. The topological polar surface area (TPSA) is 105 Å². The zero-order valence-corrected chi connectivity index (χ0v) is 18.4. The summed E-state index contributed by atoms with van der Waals surface area (Å²) in [5.74, 6) is -0.987. The largest absolute Gasteiger partial charge is 0.390 e. The van der Waals surface area contributed by atoms with Gasteiger partial charge in [0.05, 0.1) is 26.0 Å². The summed E-state index contributed by atoms with van der Waals surface area (Å²) in [5.41, 5.74) is 3.89. The Hall–Kier alpha value is -3.57. The Balaban J connectivity index is 1.63. The van der Waals surface area contributed by atoms with Crippen molar-refractivity contribution in [3.8, 4) is 11.4 Å². The van der Waals surface area contributed by atoms with Crippen molar-refractivity contribution < 1.29 is 18.3 Å². The molecule has 1 aromatic heterocycles. The molecule has 2 atom stereocenters. The second kappa shape index (κ2) is 9.74. The van der Waals surface area contributed by atoms with Crippen LogP contribution in [0.3, 0.4) is 0 Å². The summed E-state index contributed by atoms with van der Waals surface area (Å²) in [6, 6.07) is 8.42. The number of benzene rings is 2. The highest BCUT2D eigenvalue weighted by molar-refractivity contribution is 5.69. The third kappa shape index (κ3) is 4.70. The number of aliphatic hydroxyl groups is 1. The van der Waals surface area contributed by atoms with E-state index in [1.807, 2.05) is 4.90 Å². The zero-order chi connectivity index (χ0) is 24.3. The van der Waals surface area contributed by atoms with Gasteiger partial charge < -0.3 is 10.8 Å². The normalized spacial score (nSPS) is 17.2. The minimum atomic E-state index is -1.80. The van der Waals surface area contributed by atoms with E-state index in [1.54, 1.807) is 23.7 Å². The Kier molecular flexibility index (Phi) is 6.75. The van der Waals surface area contributed by atoms with E-state index in [0.29, 0.717) is 36.8 Å². The van der Waals surface area contributed by atoms with Crippen LogP contribution in [0.25, 0.3) is 11.4 Å². The number of hydrogen-bond donors (Lipinski definition) is 2. The lowest BCUT2D eigenvalue weighted by atomic mass is 9.85. The van der Waals surface area contributed by atoms with Crippen LogP contribution >= 0.6 is 0 Å². The summed E-state index contributed by atoms with van der Waals surface area (Å²) in [5, 5.41) is 16.1. The maximum absolute atomic E-state index is 14.7. The van der Waals surface area contributed by atoms with Gasteiger partial charge in [-0.3, -0.25) is 9.89 Å². The fourth-order valence-corrected chi connectivity index (χ4v) is 4.09. The molecule has 0 amide bonds. The molecule has 0 radical (unpaired) electrons. The van der Waals surface area contributed by atoms with Crippen molar-refractivity contribution in [3.63, 3.8) is 0 Å². The Morgan fingerprint density at radius 2 is 1.97 bits per heavy atom. The molecule has 8 nitrogen and oxygen atoms in total. The number of aromatic nitrogens is 3. The Morgan fingerprint density at radius 3 is 2.71 bits per heavy atom. The quantitative estimate of drug-likeness (QED) is 0.407. The van der Waals surface area contributed by atoms with E-state index in [2.05, 4.69) is 20.1 Å². The first-order chi connectivity index (χ1) is 16.3. The number of rotatable bonds is 7. The van der Waals surface area contributed by atoms with Gasteiger partial charge in [0.1, 0.15) is 35.2 Å². The molecule has 0 saturated carbocycles. The molecular formula is C23H24F3N7O. The molecule has 178 valence electrons. The van der Waals surface area contributed by atoms with Crippen LogP contribution in [-0.2, 0) is 18.7 Å². The molecule has 1 aliphatic heterocycles. The molecule has 3 aromatic rings. The van der Waals surface area contributed by atoms with Crippen LogP contribution in [0, 0.1) is 17.5 Å². The SMILES string of the molecule is C[C@@H](N1CCn2nc(-c3cccc(F)c3)nc2C1)[C@](O)(CN=CN=CN)c1ccc(F)cc1F. The molecule has 0 aliphatic carbocycles. The van der Waals surface area contributed by atoms with Crippen LogP contribution in [0.4, 0.5) is 13.2 Å². The zero-order valence-electron chi connectivity index (χ0n) is 18.4. The lowest BCUT2D eigenvalue weighted by Crippen LogP contribution is -2.53. The van der Waals surface area contributed by atoms with Gasteiger partial charge in [-0.1, -0.05) is 18.2 Å². The Labute approximate surface area is 194 Å². The van der Waals surface area contributed by atoms with Gasteiger partial charge in [0.2, 0.25) is 0 Å². The van der Waals surface area contributed by atoms with Gasteiger partial charge in [-0.05, 0) is 25.1 Å². The lowest BCUT2D eigenvalue weighted by Gasteiger charge is -2.41. The van der Waals surface area contributed by atoms with Gasteiger partial charge in [0.25, 0.3) is 0 Å². The molecule has 2 heterocycles. The van der Waals surface area contributed by atoms with Crippen LogP contribution in [-0.4, -0.2) is 56.6 Å². The van der Waals surface area contributed by atoms with Crippen molar-refractivity contribution in [2.45, 2.75) is 31.7 Å². The van der Waals surface area contributed by atoms with Gasteiger partial charge in [-0.25, -0.2) is 27.8 Å². The van der Waals surface area contributed by atoms with Crippen LogP contribution in [0.2, 0.25) is 0 Å². The monoisotopic (exact) mass is 471 g/mol. The second-order valence-corrected chi connectivity index (χ2v) is 8.03. The van der Waals surface area contributed by atoms with Crippen molar-refractivity contribution in [2.24, 2.45) is 15.7 Å². The number of fused-ring (bicyclic) bond motifs is 1. The number of aliphatic imine (C=N–C) groups is 2. The van der Waals surface area contributed by atoms with E-state index in [-0.39, 0.29) is 17.9 Å². The molecule has 1 aliphatic rings. The molecule has 34 heavy (non-hydrogen) atoms. The highest BCUT2D eigenvalue weighted by atomic mass is 19.1. The molecule has 0 spiro atoms. The average Bonchev–Trinajstić information content (AvgIpc) is 3.25. The van der Waals surface area contributed by atoms with Crippen LogP contribution in [0.5, 0.6) is 0 Å². The average molecular weight is 471 g/mol. The highest BCUT2D eigenvalue weighted by Gasteiger charge is 2.42. The highest BCUT2D eigenvalue weighted by Crippen LogP contribution is 2.33. The van der Waals surface area contributed by atoms with E-state index in [1.165, 1.54) is 18.2 Å². The third-order valence-corrected chi connectivity index (χ3v) is 5.98. The fraction of sp³-hybridized carbons (Fsp3) is 0.304. The third-order valence-electron chi connectivity index (χ3n) is 5.98. The van der Waals surface area contributed by atoms with Gasteiger partial charge >= 0.3 is 0 Å². The van der Waals surface area contributed by atoms with Crippen molar-refractivity contribution in [1.82, 2.24) is 19.7 Å². The summed E-state index contributed by atoms with van der Waals surface area (Å²) in [6.45, 7) is 2.76. The first-order valence-corrected chi connectivity index (χ1v) is 10.6. The molecule has 2 aromatic carbocycles. The minimum absolute atomic E-state index is 0.0808. The standard InChI is InChI=1S/C23H24F3N7O/c1-15(23(34,12-28-14-29-13-27)19-6-5-18(25)10-20(19)26)32-7-8-33-21(11-32)30-22(31-33)16-3-2-4-17(24)9-16/h2-6,9-10,13-15,34H,7-8,11-12H2,1H3,(H2,27,28,29)/t15-,23-/m1/s1. The minimum Gasteiger partial charge on any atom is -0.390 e. The number of hydrogen-bond acceptors (Lipinski definition) is 5. The first kappa shape index (κ1) is 23.6. The molecule has 0 bridgehead atoms. The smallest absolute Gasteiger partial charge is 0.181 e. The van der Waals surface area contributed by atoms with E-state index >= 15 is 0 Å². The molecule has 0 fully saturated rings. The number of nitrogens with two attached hydrogens (primary N) is 1. The molecule has 0 unspecified atom stereocenters. The van der Waals surface area contributed by atoms with Gasteiger partial charge in [-0.15, -0.1) is 0 Å². The van der Waals surface area contributed by atoms with Crippen molar-refractivity contribution in [1.29, 1.82) is 0 Å². The van der Waals surface area contributed by atoms with Gasteiger partial charge in [0, 0.05) is 29.8 Å². The predicted octanol–water partition coefficient (Wildman–Crippen LogP) is 2.47. The fourth-order valence-electron chi connectivity index (χ4n) is 4.09. The molecular weight excluding hydrogens is 447 g/mol. The van der Waals surface area contributed by atoms with E-state index in [0.717, 1.165) is 24.8 Å². The summed E-state index contributed by atoms with van der Waals surface area (Å²) in [7, 11) is 0. The maximum atomic E-state index is 14.7. The second-order valence-electron chi connectivity index (χ2n) is 8.03. The first-order valence-electron chi connectivity index (χ1n) is 10.6.